The quantitative estimate of drug-likeness (QED) is 0.820. The fraction of sp³-hybridized carbons (Fsp3) is 0.571. The number of hydrogen-bond acceptors (Lipinski definition) is 2. The van der Waals surface area contributed by atoms with E-state index in [9.17, 15) is 0 Å². The minimum atomic E-state index is 0.413. The van der Waals surface area contributed by atoms with Crippen molar-refractivity contribution in [3.8, 4) is 0 Å². The molecule has 0 amide bonds. The van der Waals surface area contributed by atoms with E-state index in [1.54, 1.807) is 0 Å². The number of benzene rings is 1. The largest absolute Gasteiger partial charge is 0.330 e. The lowest BCUT2D eigenvalue weighted by Gasteiger charge is -2.21. The summed E-state index contributed by atoms with van der Waals surface area (Å²) in [6.45, 7) is 5.58. The Hall–Kier alpha value is -0.570. The van der Waals surface area contributed by atoms with Crippen LogP contribution in [0.1, 0.15) is 36.8 Å². The summed E-state index contributed by atoms with van der Waals surface area (Å²) in [7, 11) is 0. The molecule has 0 fully saturated rings. The van der Waals surface area contributed by atoms with Gasteiger partial charge in [-0.15, -0.1) is 0 Å². The Labute approximate surface area is 109 Å². The minimum Gasteiger partial charge on any atom is -0.330 e. The van der Waals surface area contributed by atoms with Gasteiger partial charge >= 0.3 is 0 Å². The van der Waals surface area contributed by atoms with Gasteiger partial charge in [0.05, 0.1) is 0 Å². The Balaban J connectivity index is 2.82. The summed E-state index contributed by atoms with van der Waals surface area (Å²) in [5.74, 6) is 0.944. The molecule has 1 rings (SSSR count). The number of rotatable bonds is 6. The maximum atomic E-state index is 6.05. The molecule has 3 heteroatoms. The van der Waals surface area contributed by atoms with E-state index in [-0.39, 0.29) is 0 Å². The van der Waals surface area contributed by atoms with Crippen molar-refractivity contribution < 1.29 is 0 Å². The molecule has 17 heavy (non-hydrogen) atoms. The highest BCUT2D eigenvalue weighted by Crippen LogP contribution is 2.29. The second kappa shape index (κ2) is 7.00. The SMILES string of the molecule is CCC(CC(CN)CN)c1ccc(Cl)c(C)c1. The van der Waals surface area contributed by atoms with Crippen LogP contribution in [0.25, 0.3) is 0 Å². The summed E-state index contributed by atoms with van der Waals surface area (Å²) < 4.78 is 0. The van der Waals surface area contributed by atoms with E-state index >= 15 is 0 Å². The molecular weight excluding hydrogens is 232 g/mol. The third-order valence-electron chi connectivity index (χ3n) is 3.43. The van der Waals surface area contributed by atoms with Crippen molar-refractivity contribution in [1.82, 2.24) is 0 Å². The van der Waals surface area contributed by atoms with Gasteiger partial charge in [-0.1, -0.05) is 30.7 Å². The summed E-state index contributed by atoms with van der Waals surface area (Å²) in [6.07, 6.45) is 2.17. The van der Waals surface area contributed by atoms with Crippen molar-refractivity contribution in [2.45, 2.75) is 32.6 Å². The lowest BCUT2D eigenvalue weighted by molar-refractivity contribution is 0.442. The van der Waals surface area contributed by atoms with E-state index in [1.807, 2.05) is 13.0 Å². The third-order valence-corrected chi connectivity index (χ3v) is 3.85. The predicted octanol–water partition coefficient (Wildman–Crippen LogP) is 3.07. The zero-order chi connectivity index (χ0) is 12.8. The number of halogens is 1. The molecule has 0 spiro atoms. The maximum absolute atomic E-state index is 6.05. The van der Waals surface area contributed by atoms with Crippen LogP contribution in [0.5, 0.6) is 0 Å². The lowest BCUT2D eigenvalue weighted by Crippen LogP contribution is -2.25. The third kappa shape index (κ3) is 3.98. The summed E-state index contributed by atoms with van der Waals surface area (Å²) >= 11 is 6.05. The van der Waals surface area contributed by atoms with Crippen molar-refractivity contribution in [2.24, 2.45) is 17.4 Å². The first-order valence-corrected chi connectivity index (χ1v) is 6.66. The molecule has 4 N–H and O–H groups in total. The Bertz CT molecular complexity index is 348. The molecule has 0 aliphatic rings. The molecule has 2 nitrogen and oxygen atoms in total. The van der Waals surface area contributed by atoms with Gasteiger partial charge in [0.1, 0.15) is 0 Å². The summed E-state index contributed by atoms with van der Waals surface area (Å²) in [6, 6.07) is 6.28. The maximum Gasteiger partial charge on any atom is 0.0435 e. The van der Waals surface area contributed by atoms with E-state index in [4.69, 9.17) is 23.1 Å². The van der Waals surface area contributed by atoms with Crippen LogP contribution in [-0.2, 0) is 0 Å². The van der Waals surface area contributed by atoms with E-state index in [1.165, 1.54) is 5.56 Å². The highest BCUT2D eigenvalue weighted by molar-refractivity contribution is 6.31. The average molecular weight is 255 g/mol. The van der Waals surface area contributed by atoms with Gasteiger partial charge in [-0.3, -0.25) is 0 Å². The first kappa shape index (κ1) is 14.5. The van der Waals surface area contributed by atoms with Crippen LogP contribution < -0.4 is 11.5 Å². The van der Waals surface area contributed by atoms with Crippen molar-refractivity contribution >= 4 is 11.6 Å². The van der Waals surface area contributed by atoms with E-state index < -0.39 is 0 Å². The molecule has 0 saturated carbocycles. The van der Waals surface area contributed by atoms with E-state index in [0.29, 0.717) is 24.9 Å². The Morgan fingerprint density at radius 1 is 1.24 bits per heavy atom. The molecule has 96 valence electrons. The molecule has 1 aromatic carbocycles. The van der Waals surface area contributed by atoms with Crippen molar-refractivity contribution in [1.29, 1.82) is 0 Å². The molecule has 0 aromatic heterocycles. The van der Waals surface area contributed by atoms with Gasteiger partial charge in [0.15, 0.2) is 0 Å². The van der Waals surface area contributed by atoms with Crippen LogP contribution in [0.4, 0.5) is 0 Å². The summed E-state index contributed by atoms with van der Waals surface area (Å²) in [4.78, 5) is 0. The number of nitrogens with two attached hydrogens (primary N) is 2. The van der Waals surface area contributed by atoms with Crippen LogP contribution in [-0.4, -0.2) is 13.1 Å². The minimum absolute atomic E-state index is 0.413. The van der Waals surface area contributed by atoms with Crippen LogP contribution in [0.3, 0.4) is 0 Å². The van der Waals surface area contributed by atoms with Crippen molar-refractivity contribution in [3.05, 3.63) is 34.3 Å². The normalized spacial score (nSPS) is 13.1. The van der Waals surface area contributed by atoms with Gasteiger partial charge in [-0.05, 0) is 61.9 Å². The average Bonchev–Trinajstić information content (AvgIpc) is 2.35. The van der Waals surface area contributed by atoms with Gasteiger partial charge < -0.3 is 11.5 Å². The zero-order valence-electron chi connectivity index (χ0n) is 10.7. The highest BCUT2D eigenvalue weighted by atomic mass is 35.5. The second-order valence-corrected chi connectivity index (χ2v) is 5.09. The molecule has 1 atom stereocenters. The number of hydrogen-bond donors (Lipinski definition) is 2. The van der Waals surface area contributed by atoms with Crippen LogP contribution in [0.15, 0.2) is 18.2 Å². The van der Waals surface area contributed by atoms with Crippen LogP contribution >= 0.6 is 11.6 Å². The molecular formula is C14H23ClN2. The predicted molar refractivity (Wildman–Crippen MR) is 75.4 cm³/mol. The fourth-order valence-electron chi connectivity index (χ4n) is 2.15. The summed E-state index contributed by atoms with van der Waals surface area (Å²) in [5.41, 5.74) is 13.9. The van der Waals surface area contributed by atoms with Crippen molar-refractivity contribution in [2.75, 3.05) is 13.1 Å². The first-order chi connectivity index (χ1) is 8.12. The Morgan fingerprint density at radius 2 is 1.88 bits per heavy atom. The smallest absolute Gasteiger partial charge is 0.0435 e. The Kier molecular flexibility index (Phi) is 5.96. The zero-order valence-corrected chi connectivity index (χ0v) is 11.5. The molecule has 0 bridgehead atoms. The van der Waals surface area contributed by atoms with Crippen LogP contribution in [0.2, 0.25) is 5.02 Å². The molecule has 1 aromatic rings. The van der Waals surface area contributed by atoms with Gasteiger partial charge in [0.2, 0.25) is 0 Å². The molecule has 0 radical (unpaired) electrons. The van der Waals surface area contributed by atoms with Gasteiger partial charge in [-0.25, -0.2) is 0 Å². The molecule has 0 aliphatic heterocycles. The van der Waals surface area contributed by atoms with Gasteiger partial charge in [-0.2, -0.15) is 0 Å². The number of aryl methyl sites for hydroxylation is 1. The Morgan fingerprint density at radius 3 is 2.35 bits per heavy atom. The van der Waals surface area contributed by atoms with Crippen LogP contribution in [0, 0.1) is 12.8 Å². The lowest BCUT2D eigenvalue weighted by atomic mass is 9.86. The molecule has 0 heterocycles. The summed E-state index contributed by atoms with van der Waals surface area (Å²) in [5, 5.41) is 0.831. The molecule has 0 saturated heterocycles. The standard InChI is InChI=1S/C14H23ClN2/c1-3-12(7-11(8-16)9-17)13-4-5-14(15)10(2)6-13/h4-6,11-12H,3,7-9,16-17H2,1-2H3. The van der Waals surface area contributed by atoms with E-state index in [0.717, 1.165) is 23.4 Å². The van der Waals surface area contributed by atoms with E-state index in [2.05, 4.69) is 19.1 Å². The van der Waals surface area contributed by atoms with Gasteiger partial charge in [0.25, 0.3) is 0 Å². The van der Waals surface area contributed by atoms with Crippen molar-refractivity contribution in [3.63, 3.8) is 0 Å². The van der Waals surface area contributed by atoms with Gasteiger partial charge in [0, 0.05) is 5.02 Å². The highest BCUT2D eigenvalue weighted by Gasteiger charge is 2.15. The topological polar surface area (TPSA) is 52.0 Å². The monoisotopic (exact) mass is 254 g/mol. The fourth-order valence-corrected chi connectivity index (χ4v) is 2.27. The first-order valence-electron chi connectivity index (χ1n) is 6.28. The molecule has 0 aliphatic carbocycles. The second-order valence-electron chi connectivity index (χ2n) is 4.69. The molecule has 1 unspecified atom stereocenters.